The highest BCUT2D eigenvalue weighted by molar-refractivity contribution is 7.71. The van der Waals surface area contributed by atoms with Crippen LogP contribution in [0, 0.1) is 16.1 Å². The van der Waals surface area contributed by atoms with Crippen molar-refractivity contribution in [1.82, 2.24) is 24.6 Å². The minimum atomic E-state index is -0.418. The van der Waals surface area contributed by atoms with Gasteiger partial charge in [-0.25, -0.2) is 0 Å². The van der Waals surface area contributed by atoms with Crippen LogP contribution in [0.3, 0.4) is 0 Å². The molecule has 4 rings (SSSR count). The highest BCUT2D eigenvalue weighted by Crippen LogP contribution is 2.26. The molecule has 2 aromatic heterocycles. The van der Waals surface area contributed by atoms with E-state index in [0.29, 0.717) is 29.2 Å². The summed E-state index contributed by atoms with van der Waals surface area (Å²) in [5, 5.41) is 18.1. The lowest BCUT2D eigenvalue weighted by molar-refractivity contribution is -0.136. The van der Waals surface area contributed by atoms with Gasteiger partial charge in [0.2, 0.25) is 5.91 Å². The first-order valence-corrected chi connectivity index (χ1v) is 11.1. The number of carbonyl (C=O) groups is 1. The van der Waals surface area contributed by atoms with Crippen molar-refractivity contribution in [2.24, 2.45) is 0 Å². The number of nitrogens with one attached hydrogen (secondary N) is 1. The van der Waals surface area contributed by atoms with E-state index in [9.17, 15) is 4.79 Å². The molecule has 3 aromatic rings. The fraction of sp³-hybridized carbons (Fsp3) is 0.333. The summed E-state index contributed by atoms with van der Waals surface area (Å²) in [5.41, 5.74) is 1.84. The zero-order valence-corrected chi connectivity index (χ0v) is 18.2. The normalized spacial score (nSPS) is 15.7. The van der Waals surface area contributed by atoms with Gasteiger partial charge in [-0.05, 0) is 48.3 Å². The Bertz CT molecular complexity index is 1100. The van der Waals surface area contributed by atoms with Gasteiger partial charge < -0.3 is 4.90 Å². The van der Waals surface area contributed by atoms with Gasteiger partial charge >= 0.3 is 0 Å². The number of H-pyrrole nitrogens is 1. The molecule has 1 unspecified atom stereocenters. The number of aromatic nitrogens is 3. The number of nitrogens with zero attached hydrogens (tertiary/aromatic N) is 5. The number of piperazine rings is 1. The molecule has 9 heteroatoms. The van der Waals surface area contributed by atoms with Crippen molar-refractivity contribution >= 4 is 29.5 Å². The fourth-order valence-electron chi connectivity index (χ4n) is 3.69. The molecule has 7 nitrogen and oxygen atoms in total. The van der Waals surface area contributed by atoms with Gasteiger partial charge in [-0.3, -0.25) is 19.4 Å². The molecule has 1 aromatic carbocycles. The van der Waals surface area contributed by atoms with E-state index in [4.69, 9.17) is 17.5 Å². The summed E-state index contributed by atoms with van der Waals surface area (Å²) in [7, 11) is 0. The number of benzene rings is 1. The van der Waals surface area contributed by atoms with Crippen molar-refractivity contribution < 1.29 is 4.79 Å². The Morgan fingerprint density at radius 1 is 1.27 bits per heavy atom. The SMILES string of the molecule is CC(C(=O)N1CCN(Cc2ccc(C#N)cc2)CC1)n1c(-c2cccs2)n[nH]c1=S. The van der Waals surface area contributed by atoms with E-state index < -0.39 is 6.04 Å². The number of rotatable bonds is 5. The molecule has 1 N–H and O–H groups in total. The topological polar surface area (TPSA) is 80.9 Å². The Morgan fingerprint density at radius 2 is 2.00 bits per heavy atom. The third-order valence-corrected chi connectivity index (χ3v) is 6.52. The maximum Gasteiger partial charge on any atom is 0.245 e. The minimum absolute atomic E-state index is 0.0586. The molecule has 0 bridgehead atoms. The number of hydrogen-bond donors (Lipinski definition) is 1. The van der Waals surface area contributed by atoms with E-state index >= 15 is 0 Å². The van der Waals surface area contributed by atoms with E-state index in [1.807, 2.05) is 58.2 Å². The van der Waals surface area contributed by atoms with Crippen molar-refractivity contribution in [3.63, 3.8) is 0 Å². The number of thiophene rings is 1. The van der Waals surface area contributed by atoms with E-state index in [2.05, 4.69) is 21.2 Å². The molecule has 1 saturated heterocycles. The first-order chi connectivity index (χ1) is 14.6. The fourth-order valence-corrected chi connectivity index (χ4v) is 4.69. The van der Waals surface area contributed by atoms with Gasteiger partial charge in [0.15, 0.2) is 10.6 Å². The minimum Gasteiger partial charge on any atom is -0.338 e. The van der Waals surface area contributed by atoms with Crippen LogP contribution in [-0.2, 0) is 11.3 Å². The Kier molecular flexibility index (Phi) is 6.08. The van der Waals surface area contributed by atoms with Crippen LogP contribution in [0.25, 0.3) is 10.7 Å². The molecular formula is C21H22N6OS2. The lowest BCUT2D eigenvalue weighted by Gasteiger charge is -2.36. The summed E-state index contributed by atoms with van der Waals surface area (Å²) < 4.78 is 2.27. The predicted octanol–water partition coefficient (Wildman–Crippen LogP) is 3.45. The van der Waals surface area contributed by atoms with Gasteiger partial charge in [-0.2, -0.15) is 10.4 Å². The van der Waals surface area contributed by atoms with Crippen LogP contribution in [0.5, 0.6) is 0 Å². The number of aromatic amines is 1. The Hall–Kier alpha value is -2.80. The molecule has 0 radical (unpaired) electrons. The molecule has 0 saturated carbocycles. The Labute approximate surface area is 184 Å². The molecule has 1 aliphatic rings. The van der Waals surface area contributed by atoms with Crippen molar-refractivity contribution in [2.75, 3.05) is 26.2 Å². The van der Waals surface area contributed by atoms with Crippen molar-refractivity contribution in [3.05, 3.63) is 57.7 Å². The number of carbonyl (C=O) groups excluding carboxylic acids is 1. The van der Waals surface area contributed by atoms with Crippen LogP contribution in [-0.4, -0.2) is 56.7 Å². The molecule has 3 heterocycles. The van der Waals surface area contributed by atoms with Gasteiger partial charge in [-0.1, -0.05) is 18.2 Å². The van der Waals surface area contributed by atoms with E-state index in [-0.39, 0.29) is 5.91 Å². The highest BCUT2D eigenvalue weighted by Gasteiger charge is 2.28. The van der Waals surface area contributed by atoms with Gasteiger partial charge in [-0.15, -0.1) is 11.3 Å². The first kappa shape index (κ1) is 20.5. The lowest BCUT2D eigenvalue weighted by Crippen LogP contribution is -2.50. The third-order valence-electron chi connectivity index (χ3n) is 5.36. The van der Waals surface area contributed by atoms with Crippen LogP contribution in [0.1, 0.15) is 24.1 Å². The van der Waals surface area contributed by atoms with Gasteiger partial charge in [0.25, 0.3) is 0 Å². The standard InChI is InChI=1S/C21H22N6OS2/c1-15(27-19(23-24-21(27)29)18-3-2-12-30-18)20(28)26-10-8-25(9-11-26)14-17-6-4-16(13-22)5-7-17/h2-7,12,15H,8-11,14H2,1H3,(H,24,29). The van der Waals surface area contributed by atoms with E-state index in [0.717, 1.165) is 24.5 Å². The van der Waals surface area contributed by atoms with E-state index in [1.165, 1.54) is 5.56 Å². The van der Waals surface area contributed by atoms with Crippen molar-refractivity contribution in [2.45, 2.75) is 19.5 Å². The quantitative estimate of drug-likeness (QED) is 0.617. The van der Waals surface area contributed by atoms with Crippen LogP contribution in [0.2, 0.25) is 0 Å². The summed E-state index contributed by atoms with van der Waals surface area (Å²) in [6.07, 6.45) is 0. The maximum atomic E-state index is 13.2. The molecule has 1 fully saturated rings. The molecule has 0 aliphatic carbocycles. The first-order valence-electron chi connectivity index (χ1n) is 9.78. The summed E-state index contributed by atoms with van der Waals surface area (Å²) in [4.78, 5) is 18.4. The molecule has 154 valence electrons. The average molecular weight is 439 g/mol. The van der Waals surface area contributed by atoms with Crippen molar-refractivity contribution in [3.8, 4) is 16.8 Å². The molecule has 1 atom stereocenters. The summed E-state index contributed by atoms with van der Waals surface area (Å²) in [6.45, 7) is 5.68. The van der Waals surface area contributed by atoms with Crippen LogP contribution in [0.15, 0.2) is 41.8 Å². The Balaban J connectivity index is 1.39. The molecule has 1 aliphatic heterocycles. The monoisotopic (exact) mass is 438 g/mol. The number of hydrogen-bond acceptors (Lipinski definition) is 6. The molecular weight excluding hydrogens is 416 g/mol. The average Bonchev–Trinajstić information content (AvgIpc) is 3.43. The predicted molar refractivity (Wildman–Crippen MR) is 118 cm³/mol. The van der Waals surface area contributed by atoms with Crippen LogP contribution < -0.4 is 0 Å². The van der Waals surface area contributed by atoms with Crippen LogP contribution in [0.4, 0.5) is 0 Å². The highest BCUT2D eigenvalue weighted by atomic mass is 32.1. The number of amides is 1. The second-order valence-corrected chi connectivity index (χ2v) is 8.62. The largest absolute Gasteiger partial charge is 0.338 e. The van der Waals surface area contributed by atoms with Crippen molar-refractivity contribution in [1.29, 1.82) is 5.26 Å². The number of nitriles is 1. The summed E-state index contributed by atoms with van der Waals surface area (Å²) in [5.74, 6) is 0.763. The van der Waals surface area contributed by atoms with Crippen LogP contribution >= 0.6 is 23.6 Å². The molecule has 30 heavy (non-hydrogen) atoms. The molecule has 1 amide bonds. The smallest absolute Gasteiger partial charge is 0.245 e. The lowest BCUT2D eigenvalue weighted by atomic mass is 10.1. The second-order valence-electron chi connectivity index (χ2n) is 7.29. The Morgan fingerprint density at radius 3 is 2.63 bits per heavy atom. The van der Waals surface area contributed by atoms with Gasteiger partial charge in [0.05, 0.1) is 16.5 Å². The van der Waals surface area contributed by atoms with E-state index in [1.54, 1.807) is 11.3 Å². The maximum absolute atomic E-state index is 13.2. The molecule has 0 spiro atoms. The summed E-state index contributed by atoms with van der Waals surface area (Å²) >= 11 is 6.98. The zero-order valence-electron chi connectivity index (χ0n) is 16.6. The summed E-state index contributed by atoms with van der Waals surface area (Å²) in [6, 6.07) is 13.3. The second kappa shape index (κ2) is 8.92. The van der Waals surface area contributed by atoms with Gasteiger partial charge in [0, 0.05) is 32.7 Å². The van der Waals surface area contributed by atoms with Gasteiger partial charge in [0.1, 0.15) is 6.04 Å². The zero-order chi connectivity index (χ0) is 21.1. The third kappa shape index (κ3) is 4.21.